The molecule has 1 N–H and O–H groups in total. The summed E-state index contributed by atoms with van der Waals surface area (Å²) in [5.41, 5.74) is 0.928. The maximum Gasteiger partial charge on any atom is 0.282 e. The molecule has 0 radical (unpaired) electrons. The van der Waals surface area contributed by atoms with E-state index >= 15 is 0 Å². The SMILES string of the molecule is CCOc1ccc([C@@H](C)NC(=O)CN2CCSC2=O)cc1OCC. The fourth-order valence-corrected chi connectivity index (χ4v) is 3.27. The molecule has 2 rings (SSSR count). The van der Waals surface area contributed by atoms with Crippen LogP contribution >= 0.6 is 11.8 Å². The summed E-state index contributed by atoms with van der Waals surface area (Å²) in [7, 11) is 0. The molecule has 1 aromatic carbocycles. The third-order valence-electron chi connectivity index (χ3n) is 3.62. The first-order valence-corrected chi connectivity index (χ1v) is 9.14. The normalized spacial score (nSPS) is 15.3. The number of nitrogens with one attached hydrogen (secondary N) is 1. The highest BCUT2D eigenvalue weighted by Gasteiger charge is 2.24. The Morgan fingerprint density at radius 2 is 2.00 bits per heavy atom. The van der Waals surface area contributed by atoms with Crippen molar-refractivity contribution in [3.05, 3.63) is 23.8 Å². The van der Waals surface area contributed by atoms with Crippen molar-refractivity contribution in [3.63, 3.8) is 0 Å². The second-order valence-electron chi connectivity index (χ2n) is 5.40. The second-order valence-corrected chi connectivity index (χ2v) is 6.44. The Kier molecular flexibility index (Phi) is 6.78. The smallest absolute Gasteiger partial charge is 0.282 e. The minimum Gasteiger partial charge on any atom is -0.490 e. The molecule has 6 nitrogen and oxygen atoms in total. The van der Waals surface area contributed by atoms with Crippen LogP contribution in [0.15, 0.2) is 18.2 Å². The van der Waals surface area contributed by atoms with Gasteiger partial charge in [0, 0.05) is 12.3 Å². The molecule has 1 aliphatic rings. The van der Waals surface area contributed by atoms with Crippen LogP contribution in [0.1, 0.15) is 32.4 Å². The Balaban J connectivity index is 2.00. The maximum atomic E-state index is 12.1. The van der Waals surface area contributed by atoms with Crippen LogP contribution in [-0.2, 0) is 4.79 Å². The van der Waals surface area contributed by atoms with Crippen LogP contribution < -0.4 is 14.8 Å². The Labute approximate surface area is 146 Å². The number of carbonyl (C=O) groups is 2. The molecule has 0 aliphatic carbocycles. The lowest BCUT2D eigenvalue weighted by Crippen LogP contribution is -2.38. The van der Waals surface area contributed by atoms with E-state index in [-0.39, 0.29) is 23.7 Å². The van der Waals surface area contributed by atoms with Crippen molar-refractivity contribution >= 4 is 22.9 Å². The lowest BCUT2D eigenvalue weighted by Gasteiger charge is -2.19. The van der Waals surface area contributed by atoms with Crippen LogP contribution in [0, 0.1) is 0 Å². The van der Waals surface area contributed by atoms with E-state index in [1.165, 1.54) is 11.8 Å². The minimum absolute atomic E-state index is 0.0301. The largest absolute Gasteiger partial charge is 0.490 e. The van der Waals surface area contributed by atoms with Gasteiger partial charge in [0.15, 0.2) is 11.5 Å². The molecule has 0 bridgehead atoms. The van der Waals surface area contributed by atoms with Crippen molar-refractivity contribution in [1.82, 2.24) is 10.2 Å². The highest BCUT2D eigenvalue weighted by Crippen LogP contribution is 2.30. The molecule has 2 amide bonds. The number of carbonyl (C=O) groups excluding carboxylic acids is 2. The van der Waals surface area contributed by atoms with Crippen molar-refractivity contribution in [2.45, 2.75) is 26.8 Å². The van der Waals surface area contributed by atoms with Gasteiger partial charge in [-0.15, -0.1) is 0 Å². The summed E-state index contributed by atoms with van der Waals surface area (Å²) < 4.78 is 11.2. The topological polar surface area (TPSA) is 67.9 Å². The summed E-state index contributed by atoms with van der Waals surface area (Å²) >= 11 is 1.25. The number of rotatable bonds is 8. The van der Waals surface area contributed by atoms with E-state index < -0.39 is 0 Å². The van der Waals surface area contributed by atoms with Gasteiger partial charge >= 0.3 is 0 Å². The molecule has 7 heteroatoms. The van der Waals surface area contributed by atoms with Gasteiger partial charge in [0.2, 0.25) is 5.91 Å². The van der Waals surface area contributed by atoms with Crippen LogP contribution in [0.4, 0.5) is 4.79 Å². The minimum atomic E-state index is -0.183. The molecule has 24 heavy (non-hydrogen) atoms. The Hall–Kier alpha value is -1.89. The molecule has 0 unspecified atom stereocenters. The number of hydrogen-bond acceptors (Lipinski definition) is 5. The Bertz CT molecular complexity index is 594. The highest BCUT2D eigenvalue weighted by molar-refractivity contribution is 8.13. The molecule has 0 saturated carbocycles. The van der Waals surface area contributed by atoms with Gasteiger partial charge in [-0.2, -0.15) is 0 Å². The van der Waals surface area contributed by atoms with E-state index in [1.54, 1.807) is 4.90 Å². The third kappa shape index (κ3) is 4.80. The quantitative estimate of drug-likeness (QED) is 0.779. The van der Waals surface area contributed by atoms with Crippen LogP contribution in [-0.4, -0.2) is 48.1 Å². The fourth-order valence-electron chi connectivity index (χ4n) is 2.45. The molecule has 1 fully saturated rings. The average Bonchev–Trinajstić information content (AvgIpc) is 2.94. The molecule has 0 spiro atoms. The lowest BCUT2D eigenvalue weighted by atomic mass is 10.1. The average molecular weight is 352 g/mol. The van der Waals surface area contributed by atoms with E-state index in [0.717, 1.165) is 11.3 Å². The summed E-state index contributed by atoms with van der Waals surface area (Å²) in [5, 5.41) is 2.90. The molecular formula is C17H24N2O4S. The number of ether oxygens (including phenoxy) is 2. The van der Waals surface area contributed by atoms with Gasteiger partial charge in [-0.05, 0) is 38.5 Å². The van der Waals surface area contributed by atoms with Gasteiger partial charge in [-0.1, -0.05) is 17.8 Å². The van der Waals surface area contributed by atoms with Crippen LogP contribution in [0.2, 0.25) is 0 Å². The number of hydrogen-bond donors (Lipinski definition) is 1. The first kappa shape index (κ1) is 18.4. The maximum absolute atomic E-state index is 12.1. The second kappa shape index (κ2) is 8.82. The summed E-state index contributed by atoms with van der Waals surface area (Å²) in [4.78, 5) is 25.3. The zero-order chi connectivity index (χ0) is 17.5. The van der Waals surface area contributed by atoms with Gasteiger partial charge in [0.25, 0.3) is 5.24 Å². The summed E-state index contributed by atoms with van der Waals surface area (Å²) in [6.45, 7) is 7.58. The first-order chi connectivity index (χ1) is 11.5. The highest BCUT2D eigenvalue weighted by atomic mass is 32.2. The summed E-state index contributed by atoms with van der Waals surface area (Å²) in [6, 6.07) is 5.47. The van der Waals surface area contributed by atoms with Gasteiger partial charge in [-0.25, -0.2) is 0 Å². The summed E-state index contributed by atoms with van der Waals surface area (Å²) in [6.07, 6.45) is 0. The predicted octanol–water partition coefficient (Wildman–Crippen LogP) is 2.83. The monoisotopic (exact) mass is 352 g/mol. The molecule has 0 aromatic heterocycles. The van der Waals surface area contributed by atoms with Crippen LogP contribution in [0.3, 0.4) is 0 Å². The molecule has 1 aliphatic heterocycles. The van der Waals surface area contributed by atoms with Gasteiger partial charge in [-0.3, -0.25) is 9.59 Å². The standard InChI is InChI=1S/C17H24N2O4S/c1-4-22-14-7-6-13(10-15(14)23-5-2)12(3)18-16(20)11-19-8-9-24-17(19)21/h6-7,10,12H,4-5,8-9,11H2,1-3H3,(H,18,20)/t12-/m1/s1. The van der Waals surface area contributed by atoms with E-state index in [2.05, 4.69) is 5.32 Å². The number of benzene rings is 1. The molecule has 1 heterocycles. The van der Waals surface area contributed by atoms with Crippen LogP contribution in [0.5, 0.6) is 11.5 Å². The van der Waals surface area contributed by atoms with Crippen molar-refractivity contribution in [1.29, 1.82) is 0 Å². The van der Waals surface area contributed by atoms with Crippen LogP contribution in [0.25, 0.3) is 0 Å². The zero-order valence-electron chi connectivity index (χ0n) is 14.3. The van der Waals surface area contributed by atoms with Gasteiger partial charge in [0.05, 0.1) is 19.3 Å². The Morgan fingerprint density at radius 3 is 2.62 bits per heavy atom. The van der Waals surface area contributed by atoms with Crippen molar-refractivity contribution < 1.29 is 19.1 Å². The first-order valence-electron chi connectivity index (χ1n) is 8.15. The van der Waals surface area contributed by atoms with Crippen molar-refractivity contribution in [2.75, 3.05) is 32.1 Å². The molecule has 1 saturated heterocycles. The molecule has 1 atom stereocenters. The van der Waals surface area contributed by atoms with Gasteiger partial charge in [0.1, 0.15) is 6.54 Å². The molecular weight excluding hydrogens is 328 g/mol. The third-order valence-corrected chi connectivity index (χ3v) is 4.52. The van der Waals surface area contributed by atoms with E-state index in [9.17, 15) is 9.59 Å². The molecule has 1 aromatic rings. The molecule has 132 valence electrons. The van der Waals surface area contributed by atoms with Crippen molar-refractivity contribution in [3.8, 4) is 11.5 Å². The van der Waals surface area contributed by atoms with E-state index in [4.69, 9.17) is 9.47 Å². The zero-order valence-corrected chi connectivity index (χ0v) is 15.1. The fraction of sp³-hybridized carbons (Fsp3) is 0.529. The predicted molar refractivity (Wildman–Crippen MR) is 94.8 cm³/mol. The number of amides is 2. The van der Waals surface area contributed by atoms with E-state index in [1.807, 2.05) is 39.0 Å². The number of nitrogens with zero attached hydrogens (tertiary/aromatic N) is 1. The van der Waals surface area contributed by atoms with E-state index in [0.29, 0.717) is 31.3 Å². The van der Waals surface area contributed by atoms with Gasteiger partial charge < -0.3 is 19.7 Å². The Morgan fingerprint density at radius 1 is 1.29 bits per heavy atom. The van der Waals surface area contributed by atoms with Crippen molar-refractivity contribution in [2.24, 2.45) is 0 Å². The summed E-state index contributed by atoms with van der Waals surface area (Å²) in [5.74, 6) is 1.95. The lowest BCUT2D eigenvalue weighted by molar-refractivity contribution is -0.122. The number of thioether (sulfide) groups is 1.